The Kier molecular flexibility index (Phi) is 5.02. The van der Waals surface area contributed by atoms with Crippen LogP contribution < -0.4 is 0 Å². The predicted octanol–water partition coefficient (Wildman–Crippen LogP) is 3.29. The molecule has 2 aromatic rings. The maximum Gasteiger partial charge on any atom is 0.282 e. The van der Waals surface area contributed by atoms with Crippen molar-refractivity contribution in [2.24, 2.45) is 0 Å². The van der Waals surface area contributed by atoms with Crippen molar-refractivity contribution < 1.29 is 8.42 Å². The molecule has 0 saturated carbocycles. The van der Waals surface area contributed by atoms with E-state index in [1.165, 1.54) is 4.31 Å². The minimum absolute atomic E-state index is 0.355. The molecule has 0 aliphatic carbocycles. The number of hydrogen-bond acceptors (Lipinski definition) is 2. The Balaban J connectivity index is 1.77. The van der Waals surface area contributed by atoms with Gasteiger partial charge in [-0.1, -0.05) is 54.1 Å². The molecule has 0 N–H and O–H groups in total. The molecule has 6 heteroatoms. The van der Waals surface area contributed by atoms with Crippen LogP contribution in [0.1, 0.15) is 17.5 Å². The van der Waals surface area contributed by atoms with Gasteiger partial charge >= 0.3 is 0 Å². The van der Waals surface area contributed by atoms with Gasteiger partial charge in [-0.2, -0.15) is 17.0 Å². The van der Waals surface area contributed by atoms with Crippen molar-refractivity contribution in [2.75, 3.05) is 13.1 Å². The number of hydrogen-bond donors (Lipinski definition) is 0. The quantitative estimate of drug-likeness (QED) is 0.849. The van der Waals surface area contributed by atoms with E-state index in [1.807, 2.05) is 48.5 Å². The van der Waals surface area contributed by atoms with Crippen LogP contribution in [0.15, 0.2) is 54.6 Å². The van der Waals surface area contributed by atoms with Gasteiger partial charge in [0.25, 0.3) is 10.2 Å². The lowest BCUT2D eigenvalue weighted by Crippen LogP contribution is -2.48. The summed E-state index contributed by atoms with van der Waals surface area (Å²) in [4.78, 5) is 0. The van der Waals surface area contributed by atoms with Crippen LogP contribution in [-0.4, -0.2) is 30.1 Å². The molecule has 0 aromatic heterocycles. The zero-order valence-corrected chi connectivity index (χ0v) is 14.3. The first-order chi connectivity index (χ1) is 11.1. The molecule has 3 rings (SSSR count). The fraction of sp³-hybridized carbons (Fsp3) is 0.294. The first-order valence-electron chi connectivity index (χ1n) is 7.59. The van der Waals surface area contributed by atoms with Gasteiger partial charge in [0.05, 0.1) is 0 Å². The second kappa shape index (κ2) is 7.01. The van der Waals surface area contributed by atoms with Crippen LogP contribution >= 0.6 is 11.6 Å². The first kappa shape index (κ1) is 16.5. The van der Waals surface area contributed by atoms with Crippen molar-refractivity contribution in [3.8, 4) is 0 Å². The van der Waals surface area contributed by atoms with Gasteiger partial charge < -0.3 is 0 Å². The van der Waals surface area contributed by atoms with Gasteiger partial charge in [-0.15, -0.1) is 0 Å². The molecule has 0 atom stereocenters. The topological polar surface area (TPSA) is 40.6 Å². The number of halogens is 1. The lowest BCUT2D eigenvalue weighted by molar-refractivity contribution is 0.276. The molecule has 0 amide bonds. The summed E-state index contributed by atoms with van der Waals surface area (Å²) in [5, 5.41) is 0.623. The molecule has 0 spiro atoms. The van der Waals surface area contributed by atoms with E-state index >= 15 is 0 Å². The zero-order valence-electron chi connectivity index (χ0n) is 12.7. The average Bonchev–Trinajstić information content (AvgIpc) is 2.53. The monoisotopic (exact) mass is 350 g/mol. The average molecular weight is 351 g/mol. The Morgan fingerprint density at radius 2 is 1.48 bits per heavy atom. The summed E-state index contributed by atoms with van der Waals surface area (Å²) in [6.45, 7) is 1.87. The summed E-state index contributed by atoms with van der Waals surface area (Å²) in [6.07, 6.45) is 0.826. The fourth-order valence-corrected chi connectivity index (χ4v) is 4.65. The number of nitrogens with zero attached hydrogens (tertiary/aromatic N) is 2. The van der Waals surface area contributed by atoms with Crippen LogP contribution in [-0.2, 0) is 23.3 Å². The van der Waals surface area contributed by atoms with Gasteiger partial charge in [-0.3, -0.25) is 0 Å². The van der Waals surface area contributed by atoms with Crippen molar-refractivity contribution >= 4 is 21.8 Å². The van der Waals surface area contributed by atoms with E-state index in [0.717, 1.165) is 17.5 Å². The third-order valence-electron chi connectivity index (χ3n) is 3.92. The molecule has 4 nitrogen and oxygen atoms in total. The number of rotatable bonds is 4. The first-order valence-corrected chi connectivity index (χ1v) is 9.37. The molecule has 0 radical (unpaired) electrons. The van der Waals surface area contributed by atoms with Gasteiger partial charge in [-0.25, -0.2) is 0 Å². The van der Waals surface area contributed by atoms with Gasteiger partial charge in [0.2, 0.25) is 0 Å². The van der Waals surface area contributed by atoms with E-state index in [4.69, 9.17) is 11.6 Å². The second-order valence-electron chi connectivity index (χ2n) is 5.64. The molecule has 1 aliphatic rings. The predicted molar refractivity (Wildman–Crippen MR) is 92.3 cm³/mol. The van der Waals surface area contributed by atoms with Crippen LogP contribution in [0.3, 0.4) is 0 Å². The third-order valence-corrected chi connectivity index (χ3v) is 6.08. The van der Waals surface area contributed by atoms with Crippen molar-refractivity contribution in [1.82, 2.24) is 8.61 Å². The molecule has 2 aromatic carbocycles. The normalized spacial score (nSPS) is 18.8. The van der Waals surface area contributed by atoms with Crippen LogP contribution in [0.5, 0.6) is 0 Å². The van der Waals surface area contributed by atoms with Crippen LogP contribution in [0.2, 0.25) is 5.02 Å². The summed E-state index contributed by atoms with van der Waals surface area (Å²) in [7, 11) is -3.45. The van der Waals surface area contributed by atoms with Crippen molar-refractivity contribution in [3.05, 3.63) is 70.7 Å². The molecule has 1 aliphatic heterocycles. The molecule has 1 saturated heterocycles. The maximum absolute atomic E-state index is 12.8. The van der Waals surface area contributed by atoms with Gasteiger partial charge in [-0.05, 0) is 29.7 Å². The molecule has 0 unspecified atom stereocenters. The lowest BCUT2D eigenvalue weighted by atomic mass is 10.2. The summed E-state index contributed by atoms with van der Waals surface area (Å²) in [6, 6.07) is 17.0. The Morgan fingerprint density at radius 3 is 2.13 bits per heavy atom. The molecule has 1 heterocycles. The van der Waals surface area contributed by atoms with Crippen molar-refractivity contribution in [2.45, 2.75) is 19.5 Å². The third kappa shape index (κ3) is 3.93. The van der Waals surface area contributed by atoms with E-state index in [2.05, 4.69) is 0 Å². The summed E-state index contributed by atoms with van der Waals surface area (Å²) >= 11 is 5.99. The molecule has 0 bridgehead atoms. The Morgan fingerprint density at radius 1 is 0.870 bits per heavy atom. The van der Waals surface area contributed by atoms with Gasteiger partial charge in [0.1, 0.15) is 0 Å². The summed E-state index contributed by atoms with van der Waals surface area (Å²) < 4.78 is 28.7. The standard InChI is InChI=1S/C17H19ClN2O2S/c18-17-9-4-8-16(12-17)14-20-11-5-10-19(23(20,21)22)13-15-6-2-1-3-7-15/h1-4,6-9,12H,5,10-11,13-14H2. The van der Waals surface area contributed by atoms with E-state index < -0.39 is 10.2 Å². The number of benzene rings is 2. The molecule has 1 fully saturated rings. The molecular weight excluding hydrogens is 332 g/mol. The minimum atomic E-state index is -3.45. The molecular formula is C17H19ClN2O2S. The molecule has 23 heavy (non-hydrogen) atoms. The lowest BCUT2D eigenvalue weighted by Gasteiger charge is -2.34. The Bertz CT molecular complexity index is 765. The highest BCUT2D eigenvalue weighted by Crippen LogP contribution is 2.22. The van der Waals surface area contributed by atoms with Crippen molar-refractivity contribution in [1.29, 1.82) is 0 Å². The van der Waals surface area contributed by atoms with E-state index in [-0.39, 0.29) is 0 Å². The largest absolute Gasteiger partial charge is 0.282 e. The van der Waals surface area contributed by atoms with Crippen molar-refractivity contribution in [3.63, 3.8) is 0 Å². The van der Waals surface area contributed by atoms with Crippen LogP contribution in [0, 0.1) is 0 Å². The fourth-order valence-electron chi connectivity index (χ4n) is 2.76. The van der Waals surface area contributed by atoms with Gasteiger partial charge in [0, 0.05) is 31.2 Å². The molecule has 122 valence electrons. The maximum atomic E-state index is 12.8. The Hall–Kier alpha value is -1.40. The minimum Gasteiger partial charge on any atom is -0.195 e. The van der Waals surface area contributed by atoms with Crippen LogP contribution in [0.4, 0.5) is 0 Å². The highest BCUT2D eigenvalue weighted by atomic mass is 35.5. The second-order valence-corrected chi connectivity index (χ2v) is 8.01. The summed E-state index contributed by atoms with van der Waals surface area (Å²) in [5.41, 5.74) is 1.91. The van der Waals surface area contributed by atoms with Crippen LogP contribution in [0.25, 0.3) is 0 Å². The van der Waals surface area contributed by atoms with E-state index in [9.17, 15) is 8.42 Å². The highest BCUT2D eigenvalue weighted by molar-refractivity contribution is 7.86. The smallest absolute Gasteiger partial charge is 0.195 e. The highest BCUT2D eigenvalue weighted by Gasteiger charge is 2.33. The SMILES string of the molecule is O=S1(=O)N(Cc2ccccc2)CCCN1Cc1cccc(Cl)c1. The van der Waals surface area contributed by atoms with E-state index in [0.29, 0.717) is 31.2 Å². The van der Waals surface area contributed by atoms with Gasteiger partial charge in [0.15, 0.2) is 0 Å². The Labute approximate surface area is 142 Å². The van der Waals surface area contributed by atoms with E-state index in [1.54, 1.807) is 10.4 Å². The summed E-state index contributed by atoms with van der Waals surface area (Å²) in [5.74, 6) is 0. The zero-order chi connectivity index (χ0) is 16.3.